The fourth-order valence-electron chi connectivity index (χ4n) is 4.02. The molecule has 2 aromatic carbocycles. The Morgan fingerprint density at radius 3 is 1.71 bits per heavy atom. The van der Waals surface area contributed by atoms with E-state index in [9.17, 15) is 5.21 Å². The first-order valence-electron chi connectivity index (χ1n) is 12.1. The SMILES string of the molecule is C.C=Cc1ccccc1.CC(C)(C)N1OC(c2ccccc2)CC1(C)C.CC(C)=[N+]([O-])C(C)(C)C. The molecule has 0 aliphatic carbocycles. The lowest BCUT2D eigenvalue weighted by Gasteiger charge is -2.39. The Hall–Kier alpha value is -2.43. The molecule has 1 aliphatic rings. The number of hydrogen-bond acceptors (Lipinski definition) is 3. The topological polar surface area (TPSA) is 38.5 Å². The van der Waals surface area contributed by atoms with E-state index >= 15 is 0 Å². The zero-order valence-electron chi connectivity index (χ0n) is 23.1. The Labute approximate surface area is 215 Å². The van der Waals surface area contributed by atoms with Gasteiger partial charge in [0.2, 0.25) is 0 Å². The summed E-state index contributed by atoms with van der Waals surface area (Å²) in [5.74, 6) is 0. The molecule has 0 bridgehead atoms. The lowest BCUT2D eigenvalue weighted by molar-refractivity contribution is -0.536. The predicted molar refractivity (Wildman–Crippen MR) is 154 cm³/mol. The van der Waals surface area contributed by atoms with Gasteiger partial charge in [-0.25, -0.2) is 4.74 Å². The predicted octanol–water partition coefficient (Wildman–Crippen LogP) is 8.68. The summed E-state index contributed by atoms with van der Waals surface area (Å²) in [6.07, 6.45) is 3.05. The van der Waals surface area contributed by atoms with E-state index in [4.69, 9.17) is 4.84 Å². The maximum atomic E-state index is 11.0. The molecule has 1 fully saturated rings. The smallest absolute Gasteiger partial charge is 0.164 e. The van der Waals surface area contributed by atoms with Crippen LogP contribution in [0.2, 0.25) is 0 Å². The van der Waals surface area contributed by atoms with Crippen LogP contribution in [0.3, 0.4) is 0 Å². The van der Waals surface area contributed by atoms with Crippen LogP contribution in [-0.4, -0.2) is 32.1 Å². The Kier molecular flexibility index (Phi) is 12.7. The summed E-state index contributed by atoms with van der Waals surface area (Å²) >= 11 is 0. The molecule has 1 heterocycles. The van der Waals surface area contributed by atoms with Crippen molar-refractivity contribution in [2.24, 2.45) is 0 Å². The summed E-state index contributed by atoms with van der Waals surface area (Å²) in [7, 11) is 0. The first-order valence-corrected chi connectivity index (χ1v) is 12.1. The molecule has 3 rings (SSSR count). The van der Waals surface area contributed by atoms with E-state index < -0.39 is 0 Å². The van der Waals surface area contributed by atoms with Crippen LogP contribution >= 0.6 is 0 Å². The average molecular weight is 483 g/mol. The molecule has 4 heteroatoms. The van der Waals surface area contributed by atoms with Gasteiger partial charge in [0.25, 0.3) is 0 Å². The number of rotatable bonds is 2. The van der Waals surface area contributed by atoms with Crippen molar-refractivity contribution >= 4 is 11.8 Å². The summed E-state index contributed by atoms with van der Waals surface area (Å²) in [4.78, 5) is 6.16. The monoisotopic (exact) mass is 482 g/mol. The van der Waals surface area contributed by atoms with Gasteiger partial charge in [0.1, 0.15) is 6.10 Å². The van der Waals surface area contributed by atoms with Crippen LogP contribution in [0, 0.1) is 5.21 Å². The fourth-order valence-corrected chi connectivity index (χ4v) is 4.02. The zero-order valence-corrected chi connectivity index (χ0v) is 23.1. The molecule has 0 aromatic heterocycles. The van der Waals surface area contributed by atoms with Gasteiger partial charge in [-0.05, 0) is 52.2 Å². The summed E-state index contributed by atoms with van der Waals surface area (Å²) in [5, 5.41) is 13.2. The number of hydroxylamine groups is 3. The third-order valence-corrected chi connectivity index (χ3v) is 5.30. The van der Waals surface area contributed by atoms with Crippen molar-refractivity contribution < 1.29 is 9.58 Å². The number of nitrogens with zero attached hydrogens (tertiary/aromatic N) is 2. The molecule has 0 N–H and O–H groups in total. The molecule has 0 amide bonds. The van der Waals surface area contributed by atoms with Gasteiger partial charge in [0.05, 0.1) is 0 Å². The molecule has 1 atom stereocenters. The highest BCUT2D eigenvalue weighted by Crippen LogP contribution is 2.43. The third-order valence-electron chi connectivity index (χ3n) is 5.30. The first-order chi connectivity index (χ1) is 15.6. The summed E-state index contributed by atoms with van der Waals surface area (Å²) < 4.78 is 1.02. The average Bonchev–Trinajstić information content (AvgIpc) is 3.10. The molecule has 0 spiro atoms. The minimum atomic E-state index is -0.279. The molecular formula is C31H50N2O2. The number of benzene rings is 2. The maximum Gasteiger partial charge on any atom is 0.164 e. The molecule has 0 radical (unpaired) electrons. The van der Waals surface area contributed by atoms with Crippen LogP contribution in [0.4, 0.5) is 0 Å². The molecular weight excluding hydrogens is 432 g/mol. The second-order valence-corrected chi connectivity index (χ2v) is 11.5. The van der Waals surface area contributed by atoms with Crippen molar-refractivity contribution in [3.63, 3.8) is 0 Å². The Morgan fingerprint density at radius 2 is 1.43 bits per heavy atom. The molecule has 1 aliphatic heterocycles. The minimum Gasteiger partial charge on any atom is -0.623 e. The largest absolute Gasteiger partial charge is 0.623 e. The highest BCUT2D eigenvalue weighted by Gasteiger charge is 2.45. The lowest BCUT2D eigenvalue weighted by atomic mass is 9.92. The van der Waals surface area contributed by atoms with Gasteiger partial charge in [0, 0.05) is 45.7 Å². The van der Waals surface area contributed by atoms with Crippen molar-refractivity contribution in [2.75, 3.05) is 0 Å². The van der Waals surface area contributed by atoms with Gasteiger partial charge in [-0.2, -0.15) is 5.06 Å². The highest BCUT2D eigenvalue weighted by atomic mass is 16.7. The standard InChI is InChI=1S/C15H23NO.C8H8.C7H15NO.CH4/c1-14(2,3)16-15(4,5)11-13(17-16)12-9-7-6-8-10-12;1-2-8-6-4-3-5-7-8;1-6(2)8(9)7(3,4)5;/h6-10,13H,11H2,1-5H3;2-7H,1H2;1-5H3;1H4. The van der Waals surface area contributed by atoms with Crippen LogP contribution in [0.5, 0.6) is 0 Å². The summed E-state index contributed by atoms with van der Waals surface area (Å²) in [6.45, 7) is 24.0. The van der Waals surface area contributed by atoms with Gasteiger partial charge < -0.3 is 5.21 Å². The van der Waals surface area contributed by atoms with Crippen molar-refractivity contribution in [1.82, 2.24) is 5.06 Å². The second kappa shape index (κ2) is 13.6. The van der Waals surface area contributed by atoms with Crippen LogP contribution in [0.15, 0.2) is 67.2 Å². The Bertz CT molecular complexity index is 900. The van der Waals surface area contributed by atoms with Crippen LogP contribution < -0.4 is 0 Å². The third kappa shape index (κ3) is 10.8. The molecule has 2 aromatic rings. The van der Waals surface area contributed by atoms with E-state index in [0.717, 1.165) is 16.9 Å². The van der Waals surface area contributed by atoms with E-state index in [1.54, 1.807) is 0 Å². The molecule has 1 saturated heterocycles. The van der Waals surface area contributed by atoms with Crippen LogP contribution in [0.1, 0.15) is 100 Å². The van der Waals surface area contributed by atoms with Gasteiger partial charge in [-0.1, -0.05) is 80.7 Å². The minimum absolute atomic E-state index is 0. The summed E-state index contributed by atoms with van der Waals surface area (Å²) in [6, 6.07) is 20.5. The van der Waals surface area contributed by atoms with Gasteiger partial charge in [0.15, 0.2) is 11.3 Å². The fraction of sp³-hybridized carbons (Fsp3) is 0.516. The van der Waals surface area contributed by atoms with Crippen LogP contribution in [0.25, 0.3) is 6.08 Å². The molecule has 35 heavy (non-hydrogen) atoms. The molecule has 196 valence electrons. The molecule has 4 nitrogen and oxygen atoms in total. The first kappa shape index (κ1) is 32.6. The van der Waals surface area contributed by atoms with E-state index in [2.05, 4.69) is 70.5 Å². The zero-order chi connectivity index (χ0) is 26.2. The van der Waals surface area contributed by atoms with Gasteiger partial charge in [-0.15, -0.1) is 0 Å². The second-order valence-electron chi connectivity index (χ2n) is 11.5. The number of hydrogen-bond donors (Lipinski definition) is 0. The maximum absolute atomic E-state index is 11.0. The van der Waals surface area contributed by atoms with E-state index in [1.807, 2.05) is 77.1 Å². The van der Waals surface area contributed by atoms with Crippen molar-refractivity contribution in [1.29, 1.82) is 0 Å². The van der Waals surface area contributed by atoms with Crippen molar-refractivity contribution in [3.05, 3.63) is 83.6 Å². The highest BCUT2D eigenvalue weighted by molar-refractivity contribution is 5.74. The molecule has 0 saturated carbocycles. The van der Waals surface area contributed by atoms with Gasteiger partial charge in [-0.3, -0.25) is 4.84 Å². The van der Waals surface area contributed by atoms with E-state index in [1.165, 1.54) is 11.1 Å². The Morgan fingerprint density at radius 1 is 0.971 bits per heavy atom. The van der Waals surface area contributed by atoms with Crippen molar-refractivity contribution in [3.8, 4) is 0 Å². The Balaban J connectivity index is 0.000000545. The van der Waals surface area contributed by atoms with Gasteiger partial charge >= 0.3 is 0 Å². The van der Waals surface area contributed by atoms with E-state index in [0.29, 0.717) is 0 Å². The van der Waals surface area contributed by atoms with Crippen molar-refractivity contribution in [2.45, 2.75) is 106 Å². The van der Waals surface area contributed by atoms with E-state index in [-0.39, 0.29) is 30.1 Å². The lowest BCUT2D eigenvalue weighted by Crippen LogP contribution is -2.49. The summed E-state index contributed by atoms with van der Waals surface area (Å²) in [5.41, 5.74) is 3.09. The molecule has 1 unspecified atom stereocenters. The van der Waals surface area contributed by atoms with Crippen LogP contribution in [-0.2, 0) is 4.84 Å². The normalized spacial score (nSPS) is 17.0. The quantitative estimate of drug-likeness (QED) is 0.186.